The minimum Gasteiger partial charge on any atom is -0.387 e. The summed E-state index contributed by atoms with van der Waals surface area (Å²) in [6.45, 7) is 6.42. The summed E-state index contributed by atoms with van der Waals surface area (Å²) in [5.41, 5.74) is 1.14. The van der Waals surface area contributed by atoms with Gasteiger partial charge in [-0.05, 0) is 6.07 Å². The number of hydrogen-bond acceptors (Lipinski definition) is 4. The van der Waals surface area contributed by atoms with E-state index in [2.05, 4.69) is 31.1 Å². The molecule has 0 radical (unpaired) electrons. The zero-order valence-electron chi connectivity index (χ0n) is 10.6. The van der Waals surface area contributed by atoms with E-state index in [-0.39, 0.29) is 5.41 Å². The third-order valence-electron chi connectivity index (χ3n) is 2.60. The van der Waals surface area contributed by atoms with Crippen LogP contribution in [0.25, 0.3) is 0 Å². The Morgan fingerprint density at radius 2 is 2.06 bits per heavy atom. The first kappa shape index (κ1) is 14.0. The largest absolute Gasteiger partial charge is 0.387 e. The third-order valence-corrected chi connectivity index (χ3v) is 4.86. The summed E-state index contributed by atoms with van der Waals surface area (Å²) < 4.78 is 0. The van der Waals surface area contributed by atoms with Crippen LogP contribution in [-0.2, 0) is 11.8 Å². The van der Waals surface area contributed by atoms with Gasteiger partial charge in [0.05, 0.1) is 21.8 Å². The fourth-order valence-electron chi connectivity index (χ4n) is 1.52. The van der Waals surface area contributed by atoms with Crippen LogP contribution in [0.2, 0.25) is 5.02 Å². The van der Waals surface area contributed by atoms with Crippen molar-refractivity contribution in [3.63, 3.8) is 0 Å². The molecule has 2 nitrogen and oxygen atoms in total. The molecule has 2 rings (SSSR count). The first-order valence-electron chi connectivity index (χ1n) is 5.73. The van der Waals surface area contributed by atoms with Crippen molar-refractivity contribution in [3.8, 4) is 0 Å². The lowest BCUT2D eigenvalue weighted by atomic mass is 9.93. The van der Waals surface area contributed by atoms with Crippen LogP contribution in [0.5, 0.6) is 0 Å². The monoisotopic (exact) mass is 301 g/mol. The molecule has 0 aliphatic heterocycles. The van der Waals surface area contributed by atoms with E-state index in [4.69, 9.17) is 11.6 Å². The maximum absolute atomic E-state index is 10.1. The summed E-state index contributed by atoms with van der Waals surface area (Å²) in [5, 5.41) is 15.7. The smallest absolute Gasteiger partial charge is 0.0958 e. The Morgan fingerprint density at radius 1 is 1.33 bits per heavy atom. The molecule has 98 valence electrons. The Kier molecular flexibility index (Phi) is 4.11. The summed E-state index contributed by atoms with van der Waals surface area (Å²) in [6.07, 6.45) is 0.0406. The molecule has 0 bridgehead atoms. The number of thiophene rings is 1. The van der Waals surface area contributed by atoms with Gasteiger partial charge in [-0.2, -0.15) is 0 Å². The summed E-state index contributed by atoms with van der Waals surface area (Å²) in [4.78, 5) is 5.48. The SMILES string of the molecule is CC(C)(C)c1csc(CC(O)c2cc(Cl)cs2)n1. The molecule has 0 aliphatic rings. The standard InChI is InChI=1S/C13H16ClNOS2/c1-13(2,3)11-7-18-12(15-11)5-9(16)10-4-8(14)6-17-10/h4,6-7,9,16H,5H2,1-3H3. The van der Waals surface area contributed by atoms with Crippen molar-refractivity contribution < 1.29 is 5.11 Å². The van der Waals surface area contributed by atoms with Crippen LogP contribution >= 0.6 is 34.3 Å². The highest BCUT2D eigenvalue weighted by molar-refractivity contribution is 7.10. The van der Waals surface area contributed by atoms with Gasteiger partial charge in [0.15, 0.2) is 0 Å². The van der Waals surface area contributed by atoms with Gasteiger partial charge >= 0.3 is 0 Å². The average Bonchev–Trinajstić information content (AvgIpc) is 2.85. The van der Waals surface area contributed by atoms with Crippen molar-refractivity contribution in [1.82, 2.24) is 4.98 Å². The van der Waals surface area contributed by atoms with Crippen LogP contribution in [0.15, 0.2) is 16.8 Å². The van der Waals surface area contributed by atoms with Crippen LogP contribution < -0.4 is 0 Å². The molecule has 18 heavy (non-hydrogen) atoms. The number of aliphatic hydroxyl groups is 1. The van der Waals surface area contributed by atoms with Gasteiger partial charge < -0.3 is 5.11 Å². The summed E-state index contributed by atoms with van der Waals surface area (Å²) >= 11 is 8.95. The molecule has 2 heterocycles. The molecule has 0 amide bonds. The van der Waals surface area contributed by atoms with E-state index in [1.54, 1.807) is 11.3 Å². The molecule has 0 aromatic carbocycles. The minimum atomic E-state index is -0.513. The number of aliphatic hydroxyl groups excluding tert-OH is 1. The van der Waals surface area contributed by atoms with Crippen molar-refractivity contribution >= 4 is 34.3 Å². The number of nitrogens with zero attached hydrogens (tertiary/aromatic N) is 1. The van der Waals surface area contributed by atoms with Crippen LogP contribution in [-0.4, -0.2) is 10.1 Å². The molecule has 0 fully saturated rings. The van der Waals surface area contributed by atoms with Crippen molar-refractivity contribution in [2.75, 3.05) is 0 Å². The Bertz CT molecular complexity index is 527. The Balaban J connectivity index is 2.08. The van der Waals surface area contributed by atoms with E-state index >= 15 is 0 Å². The summed E-state index contributed by atoms with van der Waals surface area (Å²) in [6, 6.07) is 1.81. The van der Waals surface area contributed by atoms with E-state index in [9.17, 15) is 5.11 Å². The van der Waals surface area contributed by atoms with Crippen molar-refractivity contribution in [1.29, 1.82) is 0 Å². The van der Waals surface area contributed by atoms with E-state index in [1.165, 1.54) is 11.3 Å². The van der Waals surface area contributed by atoms with Gasteiger partial charge in [-0.1, -0.05) is 32.4 Å². The average molecular weight is 302 g/mol. The van der Waals surface area contributed by atoms with E-state index in [0.717, 1.165) is 15.6 Å². The highest BCUT2D eigenvalue weighted by Crippen LogP contribution is 2.30. The van der Waals surface area contributed by atoms with E-state index in [1.807, 2.05) is 11.4 Å². The predicted molar refractivity (Wildman–Crippen MR) is 78.8 cm³/mol. The molecule has 1 unspecified atom stereocenters. The minimum absolute atomic E-state index is 0.0615. The van der Waals surface area contributed by atoms with E-state index < -0.39 is 6.10 Å². The van der Waals surface area contributed by atoms with Crippen molar-refractivity contribution in [3.05, 3.63) is 37.4 Å². The fraction of sp³-hybridized carbons (Fsp3) is 0.462. The molecule has 1 atom stereocenters. The Labute approximate surface area is 120 Å². The van der Waals surface area contributed by atoms with Gasteiger partial charge in [0.1, 0.15) is 0 Å². The van der Waals surface area contributed by atoms with Crippen molar-refractivity contribution in [2.24, 2.45) is 0 Å². The molecule has 0 saturated carbocycles. The van der Waals surface area contributed by atoms with Crippen LogP contribution in [0, 0.1) is 0 Å². The Morgan fingerprint density at radius 3 is 2.56 bits per heavy atom. The summed E-state index contributed by atoms with van der Waals surface area (Å²) in [5.74, 6) is 0. The molecule has 2 aromatic heterocycles. The number of rotatable bonds is 3. The first-order chi connectivity index (χ1) is 8.36. The zero-order valence-corrected chi connectivity index (χ0v) is 13.0. The lowest BCUT2D eigenvalue weighted by Crippen LogP contribution is -2.11. The molecular formula is C13H16ClNOS2. The second-order valence-corrected chi connectivity index (χ2v) is 7.59. The normalized spacial score (nSPS) is 13.8. The number of hydrogen-bond donors (Lipinski definition) is 1. The second kappa shape index (κ2) is 5.29. The summed E-state index contributed by atoms with van der Waals surface area (Å²) in [7, 11) is 0. The second-order valence-electron chi connectivity index (χ2n) is 5.26. The van der Waals surface area contributed by atoms with E-state index in [0.29, 0.717) is 11.4 Å². The van der Waals surface area contributed by atoms with Gasteiger partial charge in [0.25, 0.3) is 0 Å². The van der Waals surface area contributed by atoms with Gasteiger partial charge in [-0.15, -0.1) is 22.7 Å². The van der Waals surface area contributed by atoms with Gasteiger partial charge in [-0.25, -0.2) is 4.98 Å². The zero-order chi connectivity index (χ0) is 13.3. The molecule has 5 heteroatoms. The lowest BCUT2D eigenvalue weighted by molar-refractivity contribution is 0.182. The fourth-order valence-corrected chi connectivity index (χ4v) is 3.65. The van der Waals surface area contributed by atoms with Gasteiger partial charge in [0, 0.05) is 27.5 Å². The van der Waals surface area contributed by atoms with Crippen molar-refractivity contribution in [2.45, 2.75) is 38.7 Å². The molecule has 0 spiro atoms. The highest BCUT2D eigenvalue weighted by Gasteiger charge is 2.19. The van der Waals surface area contributed by atoms with Gasteiger partial charge in [0.2, 0.25) is 0 Å². The molecule has 0 aliphatic carbocycles. The number of thiazole rings is 1. The Hall–Kier alpha value is -0.420. The molecule has 1 N–H and O–H groups in total. The predicted octanol–water partition coefficient (Wildman–Crippen LogP) is 4.43. The highest BCUT2D eigenvalue weighted by atomic mass is 35.5. The maximum Gasteiger partial charge on any atom is 0.0958 e. The van der Waals surface area contributed by atoms with Crippen LogP contribution in [0.3, 0.4) is 0 Å². The van der Waals surface area contributed by atoms with Crippen LogP contribution in [0.4, 0.5) is 0 Å². The number of halogens is 1. The number of aromatic nitrogens is 1. The molecule has 0 saturated heterocycles. The van der Waals surface area contributed by atoms with Gasteiger partial charge in [-0.3, -0.25) is 0 Å². The molecular weight excluding hydrogens is 286 g/mol. The molecule has 2 aromatic rings. The maximum atomic E-state index is 10.1. The topological polar surface area (TPSA) is 33.1 Å². The first-order valence-corrected chi connectivity index (χ1v) is 7.87. The lowest BCUT2D eigenvalue weighted by Gasteiger charge is -2.14. The van der Waals surface area contributed by atoms with Crippen LogP contribution in [0.1, 0.15) is 42.5 Å². The third kappa shape index (κ3) is 3.32. The quantitative estimate of drug-likeness (QED) is 0.909.